The molecule has 18 heavy (non-hydrogen) atoms. The summed E-state index contributed by atoms with van der Waals surface area (Å²) in [7, 11) is 0. The molecular formula is C16H25NO. The van der Waals surface area contributed by atoms with E-state index in [4.69, 9.17) is 0 Å². The summed E-state index contributed by atoms with van der Waals surface area (Å²) in [6.45, 7) is 9.05. The van der Waals surface area contributed by atoms with Gasteiger partial charge < -0.3 is 5.32 Å². The number of benzene rings is 1. The average Bonchev–Trinajstić information content (AvgIpc) is 2.33. The van der Waals surface area contributed by atoms with Crippen LogP contribution < -0.4 is 5.32 Å². The predicted octanol–water partition coefficient (Wildman–Crippen LogP) is 3.42. The molecular weight excluding hydrogens is 222 g/mol. The van der Waals surface area contributed by atoms with E-state index in [2.05, 4.69) is 50.4 Å². The minimum atomic E-state index is 0.0313. The van der Waals surface area contributed by atoms with Crippen molar-refractivity contribution in [1.82, 2.24) is 5.32 Å². The van der Waals surface area contributed by atoms with E-state index < -0.39 is 0 Å². The van der Waals surface area contributed by atoms with Gasteiger partial charge in [-0.25, -0.2) is 0 Å². The molecule has 0 heterocycles. The molecule has 1 amide bonds. The summed E-state index contributed by atoms with van der Waals surface area (Å²) in [5, 5.41) is 3.02. The largest absolute Gasteiger partial charge is 0.356 e. The lowest BCUT2D eigenvalue weighted by atomic mass is 9.81. The standard InChI is InChI=1S/C16H25NO/c1-13(16(2,3)4)15(18)17-12-8-11-14-9-6-5-7-10-14/h5-7,9-10,13H,8,11-12H2,1-4H3,(H,17,18). The zero-order valence-electron chi connectivity index (χ0n) is 12.0. The van der Waals surface area contributed by atoms with E-state index in [1.807, 2.05) is 13.0 Å². The number of rotatable bonds is 5. The fourth-order valence-corrected chi connectivity index (χ4v) is 1.70. The Labute approximate surface area is 111 Å². The lowest BCUT2D eigenvalue weighted by molar-refractivity contribution is -0.127. The maximum Gasteiger partial charge on any atom is 0.223 e. The van der Waals surface area contributed by atoms with Crippen LogP contribution in [-0.2, 0) is 11.2 Å². The maximum absolute atomic E-state index is 11.9. The number of hydrogen-bond acceptors (Lipinski definition) is 1. The third-order valence-electron chi connectivity index (χ3n) is 3.48. The number of aryl methyl sites for hydroxylation is 1. The first kappa shape index (κ1) is 14.7. The van der Waals surface area contributed by atoms with Gasteiger partial charge in [0.25, 0.3) is 0 Å². The molecule has 0 saturated carbocycles. The number of hydrogen-bond donors (Lipinski definition) is 1. The first-order chi connectivity index (χ1) is 8.41. The van der Waals surface area contributed by atoms with Gasteiger partial charge in [0.05, 0.1) is 0 Å². The van der Waals surface area contributed by atoms with Gasteiger partial charge in [0.2, 0.25) is 5.91 Å². The van der Waals surface area contributed by atoms with Crippen LogP contribution >= 0.6 is 0 Å². The molecule has 0 aliphatic heterocycles. The van der Waals surface area contributed by atoms with Crippen LogP contribution in [0.2, 0.25) is 0 Å². The third kappa shape index (κ3) is 4.91. The van der Waals surface area contributed by atoms with Crippen molar-refractivity contribution in [2.24, 2.45) is 11.3 Å². The zero-order chi connectivity index (χ0) is 13.6. The highest BCUT2D eigenvalue weighted by Gasteiger charge is 2.26. The minimum absolute atomic E-state index is 0.0313. The van der Waals surface area contributed by atoms with Gasteiger partial charge in [-0.05, 0) is 23.8 Å². The molecule has 1 unspecified atom stereocenters. The van der Waals surface area contributed by atoms with Crippen molar-refractivity contribution in [1.29, 1.82) is 0 Å². The lowest BCUT2D eigenvalue weighted by Gasteiger charge is -2.26. The highest BCUT2D eigenvalue weighted by atomic mass is 16.1. The third-order valence-corrected chi connectivity index (χ3v) is 3.48. The molecule has 1 aromatic carbocycles. The van der Waals surface area contributed by atoms with Crippen LogP contribution in [0.25, 0.3) is 0 Å². The summed E-state index contributed by atoms with van der Waals surface area (Å²) in [6, 6.07) is 10.4. The fraction of sp³-hybridized carbons (Fsp3) is 0.562. The van der Waals surface area contributed by atoms with Gasteiger partial charge >= 0.3 is 0 Å². The molecule has 0 aromatic heterocycles. The Morgan fingerprint density at radius 1 is 1.22 bits per heavy atom. The summed E-state index contributed by atoms with van der Waals surface area (Å²) < 4.78 is 0. The van der Waals surface area contributed by atoms with Gasteiger partial charge in [0, 0.05) is 12.5 Å². The van der Waals surface area contributed by atoms with E-state index in [0.717, 1.165) is 19.4 Å². The molecule has 2 heteroatoms. The molecule has 100 valence electrons. The van der Waals surface area contributed by atoms with Gasteiger partial charge in [0.15, 0.2) is 0 Å². The Bertz CT molecular complexity index is 364. The first-order valence-corrected chi connectivity index (χ1v) is 6.73. The molecule has 0 saturated heterocycles. The maximum atomic E-state index is 11.9. The number of carbonyl (C=O) groups excluding carboxylic acids is 1. The van der Waals surface area contributed by atoms with Gasteiger partial charge in [0.1, 0.15) is 0 Å². The minimum Gasteiger partial charge on any atom is -0.356 e. The molecule has 0 fully saturated rings. The number of nitrogens with one attached hydrogen (secondary N) is 1. The fourth-order valence-electron chi connectivity index (χ4n) is 1.70. The second-order valence-electron chi connectivity index (χ2n) is 5.97. The summed E-state index contributed by atoms with van der Waals surface area (Å²) in [6.07, 6.45) is 2.01. The van der Waals surface area contributed by atoms with E-state index in [9.17, 15) is 4.79 Å². The molecule has 0 radical (unpaired) electrons. The van der Waals surface area contributed by atoms with Crippen molar-refractivity contribution in [3.8, 4) is 0 Å². The van der Waals surface area contributed by atoms with E-state index in [-0.39, 0.29) is 17.2 Å². The van der Waals surface area contributed by atoms with Crippen LogP contribution in [0.1, 0.15) is 39.7 Å². The molecule has 1 rings (SSSR count). The summed E-state index contributed by atoms with van der Waals surface area (Å²) >= 11 is 0. The lowest BCUT2D eigenvalue weighted by Crippen LogP contribution is -2.36. The Hall–Kier alpha value is -1.31. The normalized spacial score (nSPS) is 13.1. The second kappa shape index (κ2) is 6.58. The van der Waals surface area contributed by atoms with Crippen LogP contribution in [0, 0.1) is 11.3 Å². The molecule has 1 aromatic rings. The van der Waals surface area contributed by atoms with Crippen molar-refractivity contribution >= 4 is 5.91 Å². The van der Waals surface area contributed by atoms with Gasteiger partial charge in [-0.3, -0.25) is 4.79 Å². The monoisotopic (exact) mass is 247 g/mol. The Morgan fingerprint density at radius 3 is 2.39 bits per heavy atom. The van der Waals surface area contributed by atoms with Crippen LogP contribution in [-0.4, -0.2) is 12.5 Å². The predicted molar refractivity (Wildman–Crippen MR) is 76.4 cm³/mol. The van der Waals surface area contributed by atoms with Crippen LogP contribution in [0.5, 0.6) is 0 Å². The van der Waals surface area contributed by atoms with Crippen LogP contribution in [0.3, 0.4) is 0 Å². The van der Waals surface area contributed by atoms with E-state index >= 15 is 0 Å². The van der Waals surface area contributed by atoms with Crippen molar-refractivity contribution < 1.29 is 4.79 Å². The molecule has 0 bridgehead atoms. The molecule has 1 atom stereocenters. The highest BCUT2D eigenvalue weighted by Crippen LogP contribution is 2.25. The number of amides is 1. The molecule has 2 nitrogen and oxygen atoms in total. The van der Waals surface area contributed by atoms with Gasteiger partial charge in [-0.15, -0.1) is 0 Å². The summed E-state index contributed by atoms with van der Waals surface area (Å²) in [5.74, 6) is 0.213. The Kier molecular flexibility index (Phi) is 5.39. The van der Waals surface area contributed by atoms with Crippen molar-refractivity contribution in [2.75, 3.05) is 6.54 Å². The van der Waals surface area contributed by atoms with Gasteiger partial charge in [-0.2, -0.15) is 0 Å². The molecule has 1 N–H and O–H groups in total. The molecule has 0 aliphatic rings. The molecule has 0 aliphatic carbocycles. The molecule has 0 spiro atoms. The van der Waals surface area contributed by atoms with Gasteiger partial charge in [-0.1, -0.05) is 58.0 Å². The topological polar surface area (TPSA) is 29.1 Å². The quantitative estimate of drug-likeness (QED) is 0.794. The van der Waals surface area contributed by atoms with Crippen molar-refractivity contribution in [2.45, 2.75) is 40.5 Å². The zero-order valence-corrected chi connectivity index (χ0v) is 12.0. The van der Waals surface area contributed by atoms with E-state index in [1.165, 1.54) is 5.56 Å². The Morgan fingerprint density at radius 2 is 1.83 bits per heavy atom. The Balaban J connectivity index is 2.24. The van der Waals surface area contributed by atoms with E-state index in [0.29, 0.717) is 0 Å². The summed E-state index contributed by atoms with van der Waals surface area (Å²) in [4.78, 5) is 11.9. The van der Waals surface area contributed by atoms with Crippen molar-refractivity contribution in [3.05, 3.63) is 35.9 Å². The first-order valence-electron chi connectivity index (χ1n) is 6.73. The van der Waals surface area contributed by atoms with Crippen LogP contribution in [0.15, 0.2) is 30.3 Å². The van der Waals surface area contributed by atoms with E-state index in [1.54, 1.807) is 0 Å². The average molecular weight is 247 g/mol. The van der Waals surface area contributed by atoms with Crippen molar-refractivity contribution in [3.63, 3.8) is 0 Å². The SMILES string of the molecule is CC(C(=O)NCCCc1ccccc1)C(C)(C)C. The second-order valence-corrected chi connectivity index (χ2v) is 5.97. The van der Waals surface area contributed by atoms with Crippen LogP contribution in [0.4, 0.5) is 0 Å². The highest BCUT2D eigenvalue weighted by molar-refractivity contribution is 5.78. The summed E-state index contributed by atoms with van der Waals surface area (Å²) in [5.41, 5.74) is 1.36. The number of carbonyl (C=O) groups is 1. The smallest absolute Gasteiger partial charge is 0.223 e.